The van der Waals surface area contributed by atoms with Gasteiger partial charge in [-0.25, -0.2) is 4.68 Å². The molecule has 0 fully saturated rings. The van der Waals surface area contributed by atoms with Crippen LogP contribution >= 0.6 is 0 Å². The molecule has 4 rings (SSSR count). The van der Waals surface area contributed by atoms with Crippen molar-refractivity contribution < 1.29 is 4.79 Å². The Bertz CT molecular complexity index is 1270. The molecule has 2 atom stereocenters. The number of para-hydroxylation sites is 1. The largest absolute Gasteiger partial charge is 0.352 e. The van der Waals surface area contributed by atoms with Crippen molar-refractivity contribution >= 4 is 27.7 Å². The molecule has 0 spiro atoms. The Morgan fingerprint density at radius 1 is 1.06 bits per heavy atom. The molecule has 2 aromatic carbocycles. The second-order valence-electron chi connectivity index (χ2n) is 8.08. The van der Waals surface area contributed by atoms with Crippen LogP contribution in [0.2, 0.25) is 0 Å². The van der Waals surface area contributed by atoms with E-state index in [1.165, 1.54) is 10.2 Å². The van der Waals surface area contributed by atoms with E-state index in [1.54, 1.807) is 13.2 Å². The second-order valence-corrected chi connectivity index (χ2v) is 8.08. The Morgan fingerprint density at radius 2 is 1.77 bits per heavy atom. The molecule has 0 bridgehead atoms. The number of rotatable bonds is 7. The Hall–Kier alpha value is -3.41. The van der Waals surface area contributed by atoms with Gasteiger partial charge in [0, 0.05) is 23.9 Å². The van der Waals surface area contributed by atoms with E-state index in [9.17, 15) is 9.59 Å². The Labute approximate surface area is 181 Å². The summed E-state index contributed by atoms with van der Waals surface area (Å²) in [5.74, 6) is -0.0652. The first-order valence-electron chi connectivity index (χ1n) is 10.8. The Kier molecular flexibility index (Phi) is 5.89. The van der Waals surface area contributed by atoms with Gasteiger partial charge >= 0.3 is 0 Å². The molecule has 0 unspecified atom stereocenters. The van der Waals surface area contributed by atoms with Crippen LogP contribution in [0.4, 0.5) is 0 Å². The lowest BCUT2D eigenvalue weighted by Crippen LogP contribution is -2.39. The highest BCUT2D eigenvalue weighted by Crippen LogP contribution is 2.30. The van der Waals surface area contributed by atoms with Gasteiger partial charge in [0.25, 0.3) is 5.56 Å². The summed E-state index contributed by atoms with van der Waals surface area (Å²) < 4.78 is 3.22. The summed E-state index contributed by atoms with van der Waals surface area (Å²) in [6, 6.07) is 17.6. The molecule has 2 heterocycles. The maximum atomic E-state index is 13.3. The van der Waals surface area contributed by atoms with Crippen LogP contribution in [-0.4, -0.2) is 26.3 Å². The number of hydrogen-bond acceptors (Lipinski definition) is 3. The zero-order valence-electron chi connectivity index (χ0n) is 18.2. The van der Waals surface area contributed by atoms with Gasteiger partial charge in [-0.1, -0.05) is 55.5 Å². The summed E-state index contributed by atoms with van der Waals surface area (Å²) in [6.45, 7) is 4.01. The number of nitrogens with one attached hydrogen (secondary N) is 1. The van der Waals surface area contributed by atoms with E-state index < -0.39 is 6.04 Å². The first kappa shape index (κ1) is 20.8. The van der Waals surface area contributed by atoms with Gasteiger partial charge in [0.15, 0.2) is 0 Å². The topological polar surface area (TPSA) is 68.9 Å². The lowest BCUT2D eigenvalue weighted by molar-refractivity contribution is -0.124. The van der Waals surface area contributed by atoms with Crippen LogP contribution in [0.5, 0.6) is 0 Å². The summed E-state index contributed by atoms with van der Waals surface area (Å²) >= 11 is 0. The smallest absolute Gasteiger partial charge is 0.291 e. The molecule has 0 aliphatic heterocycles. The summed E-state index contributed by atoms with van der Waals surface area (Å²) in [4.78, 5) is 26.3. The van der Waals surface area contributed by atoms with Crippen molar-refractivity contribution in [3.05, 3.63) is 76.7 Å². The summed E-state index contributed by atoms with van der Waals surface area (Å²) in [5.41, 5.74) is 2.46. The molecule has 160 valence electrons. The minimum Gasteiger partial charge on any atom is -0.352 e. The van der Waals surface area contributed by atoms with E-state index in [0.717, 1.165) is 29.1 Å². The molecule has 1 N–H and O–H groups in total. The minimum atomic E-state index is -0.475. The lowest BCUT2D eigenvalue weighted by Gasteiger charge is -2.22. The van der Waals surface area contributed by atoms with Crippen LogP contribution in [0.25, 0.3) is 21.8 Å². The number of hydrogen-bond donors (Lipinski definition) is 1. The van der Waals surface area contributed by atoms with E-state index in [0.29, 0.717) is 11.9 Å². The number of carbonyl (C=O) groups is 1. The van der Waals surface area contributed by atoms with E-state index >= 15 is 0 Å². The summed E-state index contributed by atoms with van der Waals surface area (Å²) in [7, 11) is 1.64. The predicted molar refractivity (Wildman–Crippen MR) is 124 cm³/mol. The first-order valence-corrected chi connectivity index (χ1v) is 10.8. The monoisotopic (exact) mass is 416 g/mol. The first-order chi connectivity index (χ1) is 15.0. The molecule has 6 heteroatoms. The molecule has 0 aliphatic rings. The van der Waals surface area contributed by atoms with Crippen molar-refractivity contribution in [3.8, 4) is 0 Å². The average Bonchev–Trinajstić information content (AvgIpc) is 3.11. The molecule has 2 aromatic heterocycles. The van der Waals surface area contributed by atoms with Gasteiger partial charge in [-0.15, -0.1) is 0 Å². The van der Waals surface area contributed by atoms with Gasteiger partial charge in [0.05, 0.1) is 11.7 Å². The van der Waals surface area contributed by atoms with Crippen molar-refractivity contribution in [3.63, 3.8) is 0 Å². The van der Waals surface area contributed by atoms with Gasteiger partial charge in [-0.2, -0.15) is 5.10 Å². The zero-order chi connectivity index (χ0) is 22.0. The van der Waals surface area contributed by atoms with E-state index in [2.05, 4.69) is 22.5 Å². The van der Waals surface area contributed by atoms with Crippen LogP contribution in [0.15, 0.2) is 65.6 Å². The van der Waals surface area contributed by atoms with Crippen LogP contribution < -0.4 is 10.9 Å². The quantitative estimate of drug-likeness (QED) is 0.496. The number of fused-ring (bicyclic) bond motifs is 3. The van der Waals surface area contributed by atoms with Gasteiger partial charge < -0.3 is 9.88 Å². The number of aromatic nitrogens is 3. The highest BCUT2D eigenvalue weighted by atomic mass is 16.2. The number of benzene rings is 2. The SMILES string of the molecule is CC[C@H](C(=O)N[C@@H](C)CCc1ccccc1)n1c2ccccc2c2cnn(C)c(=O)c21. The molecular formula is C25H28N4O2. The maximum absolute atomic E-state index is 13.3. The zero-order valence-corrected chi connectivity index (χ0v) is 18.2. The van der Waals surface area contributed by atoms with Crippen molar-refractivity contribution in [2.24, 2.45) is 7.05 Å². The molecule has 0 saturated carbocycles. The van der Waals surface area contributed by atoms with Crippen molar-refractivity contribution in [2.45, 2.75) is 45.2 Å². The third-order valence-corrected chi connectivity index (χ3v) is 5.90. The fourth-order valence-corrected chi connectivity index (χ4v) is 4.24. The molecule has 0 radical (unpaired) electrons. The van der Waals surface area contributed by atoms with E-state index in [-0.39, 0.29) is 17.5 Å². The molecule has 1 amide bonds. The highest BCUT2D eigenvalue weighted by molar-refractivity contribution is 6.08. The molecule has 31 heavy (non-hydrogen) atoms. The van der Waals surface area contributed by atoms with Gasteiger partial charge in [-0.3, -0.25) is 9.59 Å². The van der Waals surface area contributed by atoms with Crippen LogP contribution in [-0.2, 0) is 18.3 Å². The molecule has 6 nitrogen and oxygen atoms in total. The fraction of sp³-hybridized carbons (Fsp3) is 0.320. The van der Waals surface area contributed by atoms with Gasteiger partial charge in [0.1, 0.15) is 11.6 Å². The normalized spacial score (nSPS) is 13.4. The number of aryl methyl sites for hydroxylation is 2. The highest BCUT2D eigenvalue weighted by Gasteiger charge is 2.26. The average molecular weight is 417 g/mol. The second kappa shape index (κ2) is 8.76. The Balaban J connectivity index is 1.66. The molecule has 4 aromatic rings. The lowest BCUT2D eigenvalue weighted by atomic mass is 10.1. The number of amides is 1. The van der Waals surface area contributed by atoms with Gasteiger partial charge in [0.2, 0.25) is 5.91 Å². The standard InChI is InChI=1S/C25H28N4O2/c1-4-21(24(30)27-17(2)14-15-18-10-6-5-7-11-18)29-22-13-9-8-12-19(22)20-16-26-28(3)25(31)23(20)29/h5-13,16-17,21H,4,14-15H2,1-3H3,(H,27,30)/t17-,21+/m0/s1. The fourth-order valence-electron chi connectivity index (χ4n) is 4.24. The predicted octanol–water partition coefficient (Wildman–Crippen LogP) is 3.98. The molecular weight excluding hydrogens is 388 g/mol. The molecule has 0 aliphatic carbocycles. The number of nitrogens with zero attached hydrogens (tertiary/aromatic N) is 3. The summed E-state index contributed by atoms with van der Waals surface area (Å²) in [6.07, 6.45) is 4.05. The number of carbonyl (C=O) groups excluding carboxylic acids is 1. The molecule has 0 saturated heterocycles. The Morgan fingerprint density at radius 3 is 2.52 bits per heavy atom. The van der Waals surface area contributed by atoms with Crippen molar-refractivity contribution in [1.82, 2.24) is 19.7 Å². The van der Waals surface area contributed by atoms with Crippen molar-refractivity contribution in [2.75, 3.05) is 0 Å². The maximum Gasteiger partial charge on any atom is 0.291 e. The van der Waals surface area contributed by atoms with E-state index in [4.69, 9.17) is 0 Å². The van der Waals surface area contributed by atoms with Crippen LogP contribution in [0.3, 0.4) is 0 Å². The third-order valence-electron chi connectivity index (χ3n) is 5.90. The summed E-state index contributed by atoms with van der Waals surface area (Å²) in [5, 5.41) is 9.08. The minimum absolute atomic E-state index is 0.0272. The third kappa shape index (κ3) is 3.98. The van der Waals surface area contributed by atoms with Crippen LogP contribution in [0, 0.1) is 0 Å². The van der Waals surface area contributed by atoms with Crippen LogP contribution in [0.1, 0.15) is 38.3 Å². The van der Waals surface area contributed by atoms with Crippen molar-refractivity contribution in [1.29, 1.82) is 0 Å². The van der Waals surface area contributed by atoms with Gasteiger partial charge in [-0.05, 0) is 37.8 Å². The van der Waals surface area contributed by atoms with E-state index in [1.807, 2.05) is 60.9 Å².